The van der Waals surface area contributed by atoms with Gasteiger partial charge in [-0.05, 0) is 24.5 Å². The van der Waals surface area contributed by atoms with Crippen molar-refractivity contribution in [1.29, 1.82) is 0 Å². The molecule has 1 aliphatic carbocycles. The topological polar surface area (TPSA) is 50.9 Å². The highest BCUT2D eigenvalue weighted by atomic mass is 16.3. The van der Waals surface area contributed by atoms with E-state index in [1.807, 2.05) is 12.4 Å². The molecule has 0 bridgehead atoms. The fourth-order valence-corrected chi connectivity index (χ4v) is 1.67. The van der Waals surface area contributed by atoms with E-state index in [9.17, 15) is 0 Å². The SMILES string of the molecule is OCc1cnc2c(c1)ncn2C1CC1. The number of aromatic nitrogens is 3. The average molecular weight is 189 g/mol. The molecule has 0 radical (unpaired) electrons. The molecule has 0 aliphatic heterocycles. The van der Waals surface area contributed by atoms with Gasteiger partial charge in [-0.15, -0.1) is 0 Å². The van der Waals surface area contributed by atoms with Crippen molar-refractivity contribution in [2.75, 3.05) is 0 Å². The van der Waals surface area contributed by atoms with E-state index in [-0.39, 0.29) is 6.61 Å². The molecule has 1 N–H and O–H groups in total. The van der Waals surface area contributed by atoms with Gasteiger partial charge in [0, 0.05) is 12.2 Å². The Morgan fingerprint density at radius 2 is 2.29 bits per heavy atom. The van der Waals surface area contributed by atoms with Crippen LogP contribution in [0.25, 0.3) is 11.2 Å². The number of pyridine rings is 1. The molecule has 3 rings (SSSR count). The molecule has 4 nitrogen and oxygen atoms in total. The van der Waals surface area contributed by atoms with Crippen LogP contribution >= 0.6 is 0 Å². The number of aliphatic hydroxyl groups is 1. The first-order valence-corrected chi connectivity index (χ1v) is 4.81. The van der Waals surface area contributed by atoms with Crippen molar-refractivity contribution in [3.05, 3.63) is 24.2 Å². The van der Waals surface area contributed by atoms with E-state index in [0.717, 1.165) is 16.7 Å². The summed E-state index contributed by atoms with van der Waals surface area (Å²) in [6.45, 7) is 0.0270. The van der Waals surface area contributed by atoms with Gasteiger partial charge in [-0.25, -0.2) is 9.97 Å². The van der Waals surface area contributed by atoms with Crippen molar-refractivity contribution in [2.24, 2.45) is 0 Å². The second kappa shape index (κ2) is 2.78. The third kappa shape index (κ3) is 1.11. The summed E-state index contributed by atoms with van der Waals surface area (Å²) in [5, 5.41) is 8.95. The van der Waals surface area contributed by atoms with Crippen LogP contribution in [0.2, 0.25) is 0 Å². The fraction of sp³-hybridized carbons (Fsp3) is 0.400. The maximum Gasteiger partial charge on any atom is 0.160 e. The second-order valence-electron chi connectivity index (χ2n) is 3.73. The van der Waals surface area contributed by atoms with Crippen LogP contribution in [-0.2, 0) is 6.61 Å². The summed E-state index contributed by atoms with van der Waals surface area (Å²) < 4.78 is 2.12. The Bertz CT molecular complexity index is 473. The minimum atomic E-state index is 0.0270. The minimum absolute atomic E-state index is 0.0270. The van der Waals surface area contributed by atoms with Crippen molar-refractivity contribution in [3.8, 4) is 0 Å². The van der Waals surface area contributed by atoms with Crippen LogP contribution < -0.4 is 0 Å². The lowest BCUT2D eigenvalue weighted by molar-refractivity contribution is 0.281. The average Bonchev–Trinajstić information content (AvgIpc) is 2.98. The number of hydrogen-bond donors (Lipinski definition) is 1. The number of fused-ring (bicyclic) bond motifs is 1. The predicted octanol–water partition coefficient (Wildman–Crippen LogP) is 1.26. The van der Waals surface area contributed by atoms with Gasteiger partial charge in [0.05, 0.1) is 12.9 Å². The van der Waals surface area contributed by atoms with E-state index in [0.29, 0.717) is 6.04 Å². The lowest BCUT2D eigenvalue weighted by atomic mass is 10.3. The molecule has 0 unspecified atom stereocenters. The number of aliphatic hydroxyl groups excluding tert-OH is 1. The van der Waals surface area contributed by atoms with E-state index in [4.69, 9.17) is 5.11 Å². The van der Waals surface area contributed by atoms with Gasteiger partial charge in [0.25, 0.3) is 0 Å². The second-order valence-corrected chi connectivity index (χ2v) is 3.73. The monoisotopic (exact) mass is 189 g/mol. The molecule has 72 valence electrons. The van der Waals surface area contributed by atoms with Crippen molar-refractivity contribution in [1.82, 2.24) is 14.5 Å². The zero-order valence-corrected chi connectivity index (χ0v) is 7.72. The Balaban J connectivity index is 2.17. The molecule has 2 aromatic heterocycles. The molecule has 14 heavy (non-hydrogen) atoms. The smallest absolute Gasteiger partial charge is 0.160 e. The third-order valence-electron chi connectivity index (χ3n) is 2.59. The first kappa shape index (κ1) is 7.94. The molecule has 0 spiro atoms. The highest BCUT2D eigenvalue weighted by Gasteiger charge is 2.25. The van der Waals surface area contributed by atoms with Gasteiger partial charge in [-0.3, -0.25) is 0 Å². The Morgan fingerprint density at radius 3 is 3.00 bits per heavy atom. The molecule has 2 aromatic rings. The summed E-state index contributed by atoms with van der Waals surface area (Å²) in [6, 6.07) is 2.49. The third-order valence-corrected chi connectivity index (χ3v) is 2.59. The maximum absolute atomic E-state index is 8.95. The van der Waals surface area contributed by atoms with Gasteiger partial charge < -0.3 is 9.67 Å². The summed E-state index contributed by atoms with van der Waals surface area (Å²) in [4.78, 5) is 8.59. The Kier molecular flexibility index (Phi) is 1.58. The number of imidazole rings is 1. The van der Waals surface area contributed by atoms with Gasteiger partial charge in [-0.1, -0.05) is 0 Å². The lowest BCUT2D eigenvalue weighted by Gasteiger charge is -1.99. The van der Waals surface area contributed by atoms with Crippen LogP contribution in [0.15, 0.2) is 18.6 Å². The zero-order chi connectivity index (χ0) is 9.54. The van der Waals surface area contributed by atoms with Gasteiger partial charge in [0.2, 0.25) is 0 Å². The normalized spacial score (nSPS) is 16.4. The van der Waals surface area contributed by atoms with Crippen molar-refractivity contribution >= 4 is 11.2 Å². The summed E-state index contributed by atoms with van der Waals surface area (Å²) in [7, 11) is 0. The molecule has 1 fully saturated rings. The summed E-state index contributed by atoms with van der Waals surface area (Å²) in [6.07, 6.45) is 6.02. The van der Waals surface area contributed by atoms with E-state index in [2.05, 4.69) is 14.5 Å². The van der Waals surface area contributed by atoms with Gasteiger partial charge >= 0.3 is 0 Å². The van der Waals surface area contributed by atoms with Crippen LogP contribution in [0.3, 0.4) is 0 Å². The Labute approximate surface area is 81.2 Å². The van der Waals surface area contributed by atoms with E-state index < -0.39 is 0 Å². The van der Waals surface area contributed by atoms with Crippen LogP contribution in [0.1, 0.15) is 24.4 Å². The summed E-state index contributed by atoms with van der Waals surface area (Å²) >= 11 is 0. The van der Waals surface area contributed by atoms with Crippen molar-refractivity contribution in [2.45, 2.75) is 25.5 Å². The highest BCUT2D eigenvalue weighted by Crippen LogP contribution is 2.36. The standard InChI is InChI=1S/C10H11N3O/c14-5-7-3-9-10(11-4-7)13(6-12-9)8-1-2-8/h3-4,6,8,14H,1-2,5H2. The van der Waals surface area contributed by atoms with Crippen LogP contribution in [0, 0.1) is 0 Å². The first-order valence-electron chi connectivity index (χ1n) is 4.81. The van der Waals surface area contributed by atoms with Crippen molar-refractivity contribution < 1.29 is 5.11 Å². The molecule has 1 saturated carbocycles. The minimum Gasteiger partial charge on any atom is -0.392 e. The largest absolute Gasteiger partial charge is 0.392 e. The summed E-state index contributed by atoms with van der Waals surface area (Å²) in [5.74, 6) is 0. The molecule has 4 heteroatoms. The molecule has 0 atom stereocenters. The van der Waals surface area contributed by atoms with Crippen LogP contribution in [0.4, 0.5) is 0 Å². The van der Waals surface area contributed by atoms with Gasteiger partial charge in [-0.2, -0.15) is 0 Å². The molecule has 1 aliphatic rings. The molecular weight excluding hydrogens is 178 g/mol. The molecule has 0 saturated heterocycles. The van der Waals surface area contributed by atoms with Crippen LogP contribution in [0.5, 0.6) is 0 Å². The van der Waals surface area contributed by atoms with Gasteiger partial charge in [0.15, 0.2) is 5.65 Å². The summed E-state index contributed by atoms with van der Waals surface area (Å²) in [5.41, 5.74) is 2.63. The van der Waals surface area contributed by atoms with E-state index >= 15 is 0 Å². The molecule has 0 aromatic carbocycles. The predicted molar refractivity (Wildman–Crippen MR) is 51.7 cm³/mol. The van der Waals surface area contributed by atoms with Crippen molar-refractivity contribution in [3.63, 3.8) is 0 Å². The lowest BCUT2D eigenvalue weighted by Crippen LogP contribution is -1.93. The molecular formula is C10H11N3O. The molecule has 0 amide bonds. The number of hydrogen-bond acceptors (Lipinski definition) is 3. The van der Waals surface area contributed by atoms with Gasteiger partial charge in [0.1, 0.15) is 5.52 Å². The Hall–Kier alpha value is -1.42. The van der Waals surface area contributed by atoms with E-state index in [1.165, 1.54) is 12.8 Å². The quantitative estimate of drug-likeness (QED) is 0.773. The zero-order valence-electron chi connectivity index (χ0n) is 7.72. The fourth-order valence-electron chi connectivity index (χ4n) is 1.67. The van der Waals surface area contributed by atoms with Crippen LogP contribution in [-0.4, -0.2) is 19.6 Å². The number of nitrogens with zero attached hydrogens (tertiary/aromatic N) is 3. The molecule has 2 heterocycles. The van der Waals surface area contributed by atoms with E-state index in [1.54, 1.807) is 6.20 Å². The maximum atomic E-state index is 8.95. The Morgan fingerprint density at radius 1 is 1.43 bits per heavy atom. The first-order chi connectivity index (χ1) is 6.88. The number of rotatable bonds is 2. The highest BCUT2D eigenvalue weighted by molar-refractivity contribution is 5.71.